The maximum atomic E-state index is 13.3. The molecule has 5 heterocycles. The number of nitrogens with one attached hydrogen (secondary N) is 3. The Bertz CT molecular complexity index is 1860. The van der Waals surface area contributed by atoms with Crippen molar-refractivity contribution in [1.29, 1.82) is 0 Å². The van der Waals surface area contributed by atoms with Gasteiger partial charge in [-0.2, -0.15) is 0 Å². The van der Waals surface area contributed by atoms with Crippen LogP contribution in [-0.2, 0) is 17.9 Å². The molecular weight excluding hydrogens is 669 g/mol. The number of amides is 2. The van der Waals surface area contributed by atoms with Gasteiger partial charge in [0.2, 0.25) is 11.8 Å². The van der Waals surface area contributed by atoms with Crippen molar-refractivity contribution in [2.75, 3.05) is 39.2 Å². The summed E-state index contributed by atoms with van der Waals surface area (Å²) in [7, 11) is 3.11. The van der Waals surface area contributed by atoms with Gasteiger partial charge in [0.25, 0.3) is 5.91 Å². The van der Waals surface area contributed by atoms with Crippen LogP contribution in [0.5, 0.6) is 11.6 Å². The Labute approximate surface area is 294 Å². The highest BCUT2D eigenvalue weighted by atomic mass is 35.5. The predicted octanol–water partition coefficient (Wildman–Crippen LogP) is 4.72. The third-order valence-corrected chi connectivity index (χ3v) is 9.42. The fourth-order valence-corrected chi connectivity index (χ4v) is 6.64. The standard InChI is InChI=1S/C35H37Cl2N7O5/c1-48-29-14-28(40-16-21(29)18-44-13-11-23(45)19-44)34(47)42-27-5-3-4-25(31(27)36)33-32(37)24(10-12-39-33)26-8-6-20(35(43-26)49-2)15-38-17-22-7-9-30(46)41-22/h3-6,8,10,12,14,16,22-23,38,45H,7,9,11,13,15,17-19H2,1-2H3,(H,41,46)(H,42,47)/t22-,23-/m1/s1. The molecule has 3 aromatic heterocycles. The highest BCUT2D eigenvalue weighted by molar-refractivity contribution is 6.39. The molecule has 4 aromatic rings. The number of pyridine rings is 3. The molecule has 2 amide bonds. The zero-order valence-corrected chi connectivity index (χ0v) is 28.6. The molecule has 49 heavy (non-hydrogen) atoms. The van der Waals surface area contributed by atoms with Gasteiger partial charge in [0, 0.05) is 85.9 Å². The van der Waals surface area contributed by atoms with Gasteiger partial charge in [-0.25, -0.2) is 4.98 Å². The van der Waals surface area contributed by atoms with Crippen LogP contribution in [0.25, 0.3) is 22.5 Å². The van der Waals surface area contributed by atoms with E-state index in [4.69, 9.17) is 37.7 Å². The molecule has 6 rings (SSSR count). The second-order valence-electron chi connectivity index (χ2n) is 12.0. The number of anilines is 1. The summed E-state index contributed by atoms with van der Waals surface area (Å²) < 4.78 is 11.2. The minimum absolute atomic E-state index is 0.0812. The van der Waals surface area contributed by atoms with E-state index in [1.54, 1.807) is 56.9 Å². The Hall–Kier alpha value is -4.33. The average molecular weight is 707 g/mol. The van der Waals surface area contributed by atoms with E-state index in [-0.39, 0.29) is 28.8 Å². The highest BCUT2D eigenvalue weighted by Crippen LogP contribution is 2.40. The normalized spacial score (nSPS) is 17.6. The number of methoxy groups -OCH3 is 2. The van der Waals surface area contributed by atoms with Crippen molar-refractivity contribution in [1.82, 2.24) is 30.5 Å². The van der Waals surface area contributed by atoms with Gasteiger partial charge in [0.15, 0.2) is 0 Å². The Morgan fingerprint density at radius 2 is 1.92 bits per heavy atom. The Morgan fingerprint density at radius 1 is 1.06 bits per heavy atom. The summed E-state index contributed by atoms with van der Waals surface area (Å²) in [6, 6.07) is 12.5. The number of benzene rings is 1. The minimum Gasteiger partial charge on any atom is -0.496 e. The number of aliphatic hydroxyl groups is 1. The van der Waals surface area contributed by atoms with E-state index in [9.17, 15) is 14.7 Å². The summed E-state index contributed by atoms with van der Waals surface area (Å²) in [5.41, 5.74) is 4.35. The van der Waals surface area contributed by atoms with E-state index >= 15 is 0 Å². The lowest BCUT2D eigenvalue weighted by molar-refractivity contribution is -0.119. The first-order valence-corrected chi connectivity index (χ1v) is 16.7. The zero-order chi connectivity index (χ0) is 34.5. The first-order chi connectivity index (χ1) is 23.7. The smallest absolute Gasteiger partial charge is 0.274 e. The Kier molecular flexibility index (Phi) is 10.9. The van der Waals surface area contributed by atoms with E-state index in [1.165, 1.54) is 0 Å². The maximum absolute atomic E-state index is 13.3. The molecule has 0 saturated carbocycles. The van der Waals surface area contributed by atoms with Crippen LogP contribution in [0.4, 0.5) is 5.69 Å². The molecule has 0 bridgehead atoms. The molecule has 4 N–H and O–H groups in total. The largest absolute Gasteiger partial charge is 0.496 e. The van der Waals surface area contributed by atoms with Crippen molar-refractivity contribution in [3.63, 3.8) is 0 Å². The number of aliphatic hydroxyl groups excluding tert-OH is 1. The number of hydrogen-bond donors (Lipinski definition) is 4. The average Bonchev–Trinajstić information content (AvgIpc) is 3.72. The van der Waals surface area contributed by atoms with Gasteiger partial charge in [0.1, 0.15) is 11.4 Å². The molecule has 1 aromatic carbocycles. The van der Waals surface area contributed by atoms with Gasteiger partial charge in [0.05, 0.1) is 47.4 Å². The fourth-order valence-electron chi connectivity index (χ4n) is 6.06. The van der Waals surface area contributed by atoms with Gasteiger partial charge < -0.3 is 30.5 Å². The van der Waals surface area contributed by atoms with Crippen molar-refractivity contribution in [3.05, 3.63) is 81.7 Å². The fraction of sp³-hybridized carbons (Fsp3) is 0.343. The van der Waals surface area contributed by atoms with Crippen LogP contribution in [0, 0.1) is 0 Å². The zero-order valence-electron chi connectivity index (χ0n) is 27.1. The number of rotatable bonds is 12. The van der Waals surface area contributed by atoms with Crippen molar-refractivity contribution >= 4 is 40.7 Å². The van der Waals surface area contributed by atoms with Gasteiger partial charge in [-0.05, 0) is 31.0 Å². The lowest BCUT2D eigenvalue weighted by atomic mass is 10.1. The number of carbonyl (C=O) groups is 2. The Morgan fingerprint density at radius 3 is 2.65 bits per heavy atom. The number of hydrogen-bond acceptors (Lipinski definition) is 10. The quantitative estimate of drug-likeness (QED) is 0.163. The van der Waals surface area contributed by atoms with Crippen LogP contribution in [0.2, 0.25) is 10.0 Å². The molecule has 12 nitrogen and oxygen atoms in total. The molecule has 0 radical (unpaired) electrons. The van der Waals surface area contributed by atoms with Crippen LogP contribution in [-0.4, -0.2) is 82.8 Å². The minimum atomic E-state index is -0.466. The third-order valence-electron chi connectivity index (χ3n) is 8.63. The SMILES string of the molecule is COc1cc(C(=O)Nc2cccc(-c3nccc(-c4ccc(CNC[C@H]5CCC(=O)N5)c(OC)n4)c3Cl)c2Cl)ncc1CN1CC[C@@H](O)C1. The molecule has 2 fully saturated rings. The van der Waals surface area contributed by atoms with E-state index in [1.807, 2.05) is 12.1 Å². The highest BCUT2D eigenvalue weighted by Gasteiger charge is 2.24. The molecule has 2 atom stereocenters. The van der Waals surface area contributed by atoms with Crippen molar-refractivity contribution in [3.8, 4) is 34.1 Å². The van der Waals surface area contributed by atoms with Crippen molar-refractivity contribution in [2.24, 2.45) is 0 Å². The summed E-state index contributed by atoms with van der Waals surface area (Å²) in [5.74, 6) is 0.596. The van der Waals surface area contributed by atoms with Gasteiger partial charge in [-0.1, -0.05) is 41.4 Å². The first-order valence-electron chi connectivity index (χ1n) is 16.0. The second-order valence-corrected chi connectivity index (χ2v) is 12.8. The van der Waals surface area contributed by atoms with Crippen LogP contribution < -0.4 is 25.4 Å². The molecule has 2 aliphatic heterocycles. The number of nitrogens with zero attached hydrogens (tertiary/aromatic N) is 4. The van der Waals surface area contributed by atoms with Crippen LogP contribution >= 0.6 is 23.2 Å². The number of halogens is 2. The summed E-state index contributed by atoms with van der Waals surface area (Å²) in [5, 5.41) is 19.6. The van der Waals surface area contributed by atoms with Crippen LogP contribution in [0.15, 0.2) is 54.9 Å². The summed E-state index contributed by atoms with van der Waals surface area (Å²) in [4.78, 5) is 40.5. The maximum Gasteiger partial charge on any atom is 0.274 e. The summed E-state index contributed by atoms with van der Waals surface area (Å²) in [6.45, 7) is 3.09. The summed E-state index contributed by atoms with van der Waals surface area (Å²) >= 11 is 13.8. The van der Waals surface area contributed by atoms with Gasteiger partial charge in [-0.3, -0.25) is 24.5 Å². The van der Waals surface area contributed by atoms with E-state index in [0.717, 1.165) is 30.5 Å². The summed E-state index contributed by atoms with van der Waals surface area (Å²) in [6.07, 6.45) is 5.00. The second kappa shape index (κ2) is 15.5. The molecule has 2 saturated heterocycles. The number of likely N-dealkylation sites (tertiary alicyclic amines) is 1. The van der Waals surface area contributed by atoms with Gasteiger partial charge in [-0.15, -0.1) is 0 Å². The van der Waals surface area contributed by atoms with Gasteiger partial charge >= 0.3 is 0 Å². The molecule has 0 aliphatic carbocycles. The molecule has 2 aliphatic rings. The monoisotopic (exact) mass is 705 g/mol. The number of aromatic nitrogens is 3. The predicted molar refractivity (Wildman–Crippen MR) is 187 cm³/mol. The first kappa shape index (κ1) is 34.5. The number of ether oxygens (including phenoxy) is 2. The molecule has 0 unspecified atom stereocenters. The van der Waals surface area contributed by atoms with Crippen LogP contribution in [0.3, 0.4) is 0 Å². The van der Waals surface area contributed by atoms with E-state index in [2.05, 4.69) is 30.8 Å². The molecule has 0 spiro atoms. The molecular formula is C35H37Cl2N7O5. The number of β-amino-alcohol motifs (C(OH)–C–C–N with tert-alkyl or cyclic N) is 1. The Balaban J connectivity index is 1.18. The number of carbonyl (C=O) groups excluding carboxylic acids is 2. The van der Waals surface area contributed by atoms with Crippen molar-refractivity contribution < 1.29 is 24.2 Å². The molecule has 256 valence electrons. The lowest BCUT2D eigenvalue weighted by Crippen LogP contribution is -2.35. The van der Waals surface area contributed by atoms with E-state index < -0.39 is 5.91 Å². The molecule has 14 heteroatoms. The van der Waals surface area contributed by atoms with Crippen LogP contribution in [0.1, 0.15) is 40.9 Å². The lowest BCUT2D eigenvalue weighted by Gasteiger charge is -2.17. The third kappa shape index (κ3) is 7.95. The van der Waals surface area contributed by atoms with Crippen molar-refractivity contribution in [2.45, 2.75) is 44.5 Å². The topological polar surface area (TPSA) is 151 Å². The van der Waals surface area contributed by atoms with E-state index in [0.29, 0.717) is 77.5 Å².